The standard InChI is InChI=1S/C14H19NO5S/c1-20-13(17)9-11-3-5-12(6-4-11)21(18,19)15-14(10-16)7-2-8-14/h3-6,15-16H,2,7-10H2,1H3. The molecule has 2 N–H and O–H groups in total. The highest BCUT2D eigenvalue weighted by atomic mass is 32.2. The third-order valence-electron chi connectivity index (χ3n) is 3.77. The smallest absolute Gasteiger partial charge is 0.309 e. The van der Waals surface area contributed by atoms with Crippen molar-refractivity contribution < 1.29 is 23.1 Å². The van der Waals surface area contributed by atoms with Crippen LogP contribution in [0.25, 0.3) is 0 Å². The Morgan fingerprint density at radius 2 is 1.95 bits per heavy atom. The molecule has 0 radical (unpaired) electrons. The van der Waals surface area contributed by atoms with Gasteiger partial charge in [-0.25, -0.2) is 13.1 Å². The van der Waals surface area contributed by atoms with Gasteiger partial charge in [0.25, 0.3) is 0 Å². The third kappa shape index (κ3) is 3.61. The van der Waals surface area contributed by atoms with Crippen molar-refractivity contribution in [2.75, 3.05) is 13.7 Å². The Bertz CT molecular complexity index is 599. The molecule has 0 amide bonds. The summed E-state index contributed by atoms with van der Waals surface area (Å²) in [5.41, 5.74) is -0.0370. The molecule has 1 fully saturated rings. The van der Waals surface area contributed by atoms with Crippen molar-refractivity contribution in [3.8, 4) is 0 Å². The molecule has 0 atom stereocenters. The van der Waals surface area contributed by atoms with Gasteiger partial charge in [0.15, 0.2) is 0 Å². The number of nitrogens with one attached hydrogen (secondary N) is 1. The van der Waals surface area contributed by atoms with Crippen LogP contribution in [-0.2, 0) is 26.0 Å². The molecule has 0 unspecified atom stereocenters. The molecule has 6 nitrogen and oxygen atoms in total. The van der Waals surface area contributed by atoms with E-state index in [1.165, 1.54) is 19.2 Å². The molecule has 0 spiro atoms. The first-order valence-electron chi connectivity index (χ1n) is 6.71. The number of benzene rings is 1. The highest BCUT2D eigenvalue weighted by molar-refractivity contribution is 7.89. The molecule has 21 heavy (non-hydrogen) atoms. The van der Waals surface area contributed by atoms with Gasteiger partial charge in [0.2, 0.25) is 10.0 Å². The van der Waals surface area contributed by atoms with E-state index >= 15 is 0 Å². The molecule has 1 aliphatic rings. The SMILES string of the molecule is COC(=O)Cc1ccc(S(=O)(=O)NC2(CO)CCC2)cc1. The summed E-state index contributed by atoms with van der Waals surface area (Å²) in [6, 6.07) is 6.06. The third-order valence-corrected chi connectivity index (χ3v) is 5.37. The fourth-order valence-electron chi connectivity index (χ4n) is 2.27. The van der Waals surface area contributed by atoms with Crippen LogP contribution in [-0.4, -0.2) is 38.7 Å². The lowest BCUT2D eigenvalue weighted by atomic mass is 9.78. The molecule has 0 aliphatic heterocycles. The molecule has 1 aromatic rings. The Morgan fingerprint density at radius 3 is 2.38 bits per heavy atom. The molecule has 7 heteroatoms. The van der Waals surface area contributed by atoms with Crippen LogP contribution in [0.2, 0.25) is 0 Å². The first kappa shape index (κ1) is 15.9. The van der Waals surface area contributed by atoms with Gasteiger partial charge in [0.05, 0.1) is 30.6 Å². The van der Waals surface area contributed by atoms with Gasteiger partial charge >= 0.3 is 5.97 Å². The predicted molar refractivity (Wildman–Crippen MR) is 76.2 cm³/mol. The van der Waals surface area contributed by atoms with Crippen LogP contribution >= 0.6 is 0 Å². The summed E-state index contributed by atoms with van der Waals surface area (Å²) in [5.74, 6) is -0.377. The fourth-order valence-corrected chi connectivity index (χ4v) is 3.72. The van der Waals surface area contributed by atoms with Crippen LogP contribution in [0.1, 0.15) is 24.8 Å². The van der Waals surface area contributed by atoms with Crippen molar-refractivity contribution in [3.63, 3.8) is 0 Å². The molecule has 1 aliphatic carbocycles. The van der Waals surface area contributed by atoms with Gasteiger partial charge in [-0.15, -0.1) is 0 Å². The maximum atomic E-state index is 12.3. The zero-order chi connectivity index (χ0) is 15.5. The molecule has 1 saturated carbocycles. The van der Waals surface area contributed by atoms with Crippen molar-refractivity contribution in [1.29, 1.82) is 0 Å². The summed E-state index contributed by atoms with van der Waals surface area (Å²) < 4.78 is 31.7. The van der Waals surface area contributed by atoms with Crippen LogP contribution in [0.5, 0.6) is 0 Å². The molecule has 0 aromatic heterocycles. The number of ether oxygens (including phenoxy) is 1. The molecular formula is C14H19NO5S. The summed E-state index contributed by atoms with van der Waals surface area (Å²) >= 11 is 0. The van der Waals surface area contributed by atoms with E-state index in [0.29, 0.717) is 18.4 Å². The average molecular weight is 313 g/mol. The Balaban J connectivity index is 2.11. The van der Waals surface area contributed by atoms with Crippen molar-refractivity contribution in [2.24, 2.45) is 0 Å². The van der Waals surface area contributed by atoms with Crippen LogP contribution in [0, 0.1) is 0 Å². The lowest BCUT2D eigenvalue weighted by Crippen LogP contribution is -2.55. The molecule has 0 heterocycles. The normalized spacial score (nSPS) is 17.0. The Labute approximate surface area is 124 Å². The second kappa shape index (κ2) is 6.13. The Morgan fingerprint density at radius 1 is 1.33 bits per heavy atom. The maximum absolute atomic E-state index is 12.3. The maximum Gasteiger partial charge on any atom is 0.309 e. The van der Waals surface area contributed by atoms with E-state index in [1.54, 1.807) is 12.1 Å². The largest absolute Gasteiger partial charge is 0.469 e. The number of sulfonamides is 1. The Hall–Kier alpha value is -1.44. The van der Waals surface area contributed by atoms with Crippen molar-refractivity contribution in [2.45, 2.75) is 36.1 Å². The minimum absolute atomic E-state index is 0.102. The van der Waals surface area contributed by atoms with Crippen LogP contribution in [0.4, 0.5) is 0 Å². The summed E-state index contributed by atoms with van der Waals surface area (Å²) in [7, 11) is -2.36. The second-order valence-electron chi connectivity index (χ2n) is 5.29. The molecule has 0 saturated heterocycles. The van der Waals surface area contributed by atoms with Crippen molar-refractivity contribution in [1.82, 2.24) is 4.72 Å². The monoisotopic (exact) mass is 313 g/mol. The van der Waals surface area contributed by atoms with Crippen LogP contribution in [0.3, 0.4) is 0 Å². The Kier molecular flexibility index (Phi) is 4.65. The van der Waals surface area contributed by atoms with Crippen molar-refractivity contribution >= 4 is 16.0 Å². The van der Waals surface area contributed by atoms with Gasteiger partial charge in [-0.3, -0.25) is 4.79 Å². The quantitative estimate of drug-likeness (QED) is 0.750. The molecular weight excluding hydrogens is 294 g/mol. The van der Waals surface area contributed by atoms with Crippen molar-refractivity contribution in [3.05, 3.63) is 29.8 Å². The molecule has 1 aromatic carbocycles. The van der Waals surface area contributed by atoms with E-state index in [-0.39, 0.29) is 23.9 Å². The molecule has 116 valence electrons. The van der Waals surface area contributed by atoms with E-state index in [4.69, 9.17) is 0 Å². The van der Waals surface area contributed by atoms with E-state index in [2.05, 4.69) is 9.46 Å². The molecule has 0 bridgehead atoms. The number of carbonyl (C=O) groups is 1. The van der Waals surface area contributed by atoms with Gasteiger partial charge in [-0.2, -0.15) is 0 Å². The topological polar surface area (TPSA) is 92.7 Å². The van der Waals surface area contributed by atoms with E-state index in [9.17, 15) is 18.3 Å². The van der Waals surface area contributed by atoms with Gasteiger partial charge in [-0.05, 0) is 37.0 Å². The number of carbonyl (C=O) groups excluding carboxylic acids is 1. The van der Waals surface area contributed by atoms with E-state index in [0.717, 1.165) is 6.42 Å². The first-order valence-corrected chi connectivity index (χ1v) is 8.20. The van der Waals surface area contributed by atoms with Gasteiger partial charge in [0.1, 0.15) is 0 Å². The number of esters is 1. The fraction of sp³-hybridized carbons (Fsp3) is 0.500. The van der Waals surface area contributed by atoms with Gasteiger partial charge < -0.3 is 9.84 Å². The summed E-state index contributed by atoms with van der Waals surface area (Å²) in [4.78, 5) is 11.3. The minimum atomic E-state index is -3.67. The average Bonchev–Trinajstić information content (AvgIpc) is 2.43. The highest BCUT2D eigenvalue weighted by Crippen LogP contribution is 2.32. The second-order valence-corrected chi connectivity index (χ2v) is 6.98. The minimum Gasteiger partial charge on any atom is -0.469 e. The molecule has 2 rings (SSSR count). The number of aliphatic hydroxyl groups is 1. The number of hydrogen-bond acceptors (Lipinski definition) is 5. The van der Waals surface area contributed by atoms with E-state index in [1.807, 2.05) is 0 Å². The van der Waals surface area contributed by atoms with Gasteiger partial charge in [-0.1, -0.05) is 12.1 Å². The summed E-state index contributed by atoms with van der Waals surface area (Å²) in [6.07, 6.45) is 2.29. The summed E-state index contributed by atoms with van der Waals surface area (Å²) in [5, 5.41) is 9.34. The number of methoxy groups -OCH3 is 1. The highest BCUT2D eigenvalue weighted by Gasteiger charge is 2.40. The van der Waals surface area contributed by atoms with E-state index < -0.39 is 15.6 Å². The number of rotatable bonds is 6. The number of hydrogen-bond donors (Lipinski definition) is 2. The van der Waals surface area contributed by atoms with Crippen LogP contribution in [0.15, 0.2) is 29.2 Å². The predicted octanol–water partition coefficient (Wildman–Crippen LogP) is 0.595. The number of aliphatic hydroxyl groups excluding tert-OH is 1. The lowest BCUT2D eigenvalue weighted by Gasteiger charge is -2.40. The lowest BCUT2D eigenvalue weighted by molar-refractivity contribution is -0.139. The van der Waals surface area contributed by atoms with Crippen LogP contribution < -0.4 is 4.72 Å². The zero-order valence-corrected chi connectivity index (χ0v) is 12.6. The summed E-state index contributed by atoms with van der Waals surface area (Å²) in [6.45, 7) is -0.202. The first-order chi connectivity index (χ1) is 9.91. The zero-order valence-electron chi connectivity index (χ0n) is 11.8. The van der Waals surface area contributed by atoms with Gasteiger partial charge in [0, 0.05) is 0 Å².